The molecule has 1 saturated heterocycles. The second kappa shape index (κ2) is 5.40. The number of carboxylic acid groups (broad SMARTS) is 1. The topological polar surface area (TPSA) is 75.6 Å². The summed E-state index contributed by atoms with van der Waals surface area (Å²) >= 11 is 0. The lowest BCUT2D eigenvalue weighted by Gasteiger charge is -2.35. The minimum Gasteiger partial charge on any atom is -0.480 e. The van der Waals surface area contributed by atoms with Crippen LogP contribution in [0.3, 0.4) is 0 Å². The third-order valence-corrected chi connectivity index (χ3v) is 3.48. The summed E-state index contributed by atoms with van der Waals surface area (Å²) in [6.07, 6.45) is 0.689. The molecule has 0 radical (unpaired) electrons. The van der Waals surface area contributed by atoms with Gasteiger partial charge in [0.25, 0.3) is 0 Å². The predicted octanol–water partition coefficient (Wildman–Crippen LogP) is 0.755. The van der Waals surface area contributed by atoms with Gasteiger partial charge in [0.05, 0.1) is 13.2 Å². The van der Waals surface area contributed by atoms with E-state index in [1.54, 1.807) is 0 Å². The molecule has 1 fully saturated rings. The first-order valence-electron chi connectivity index (χ1n) is 6.20. The zero-order valence-electron chi connectivity index (χ0n) is 10.8. The zero-order valence-corrected chi connectivity index (χ0v) is 10.8. The van der Waals surface area contributed by atoms with Crippen molar-refractivity contribution in [3.63, 3.8) is 0 Å². The molecule has 0 spiro atoms. The average molecular weight is 263 g/mol. The van der Waals surface area contributed by atoms with E-state index in [0.717, 1.165) is 11.1 Å². The van der Waals surface area contributed by atoms with Gasteiger partial charge in [-0.05, 0) is 24.5 Å². The van der Waals surface area contributed by atoms with E-state index in [1.807, 2.05) is 31.2 Å². The summed E-state index contributed by atoms with van der Waals surface area (Å²) in [5.74, 6) is -1.58. The summed E-state index contributed by atoms with van der Waals surface area (Å²) in [6, 6.07) is 7.92. The highest BCUT2D eigenvalue weighted by Crippen LogP contribution is 2.27. The summed E-state index contributed by atoms with van der Waals surface area (Å²) in [7, 11) is 0. The van der Waals surface area contributed by atoms with E-state index in [9.17, 15) is 9.59 Å². The summed E-state index contributed by atoms with van der Waals surface area (Å²) in [4.78, 5) is 23.0. The molecule has 5 heteroatoms. The lowest BCUT2D eigenvalue weighted by atomic mass is 9.85. The first kappa shape index (κ1) is 13.5. The van der Waals surface area contributed by atoms with E-state index in [1.165, 1.54) is 0 Å². The van der Waals surface area contributed by atoms with Crippen molar-refractivity contribution >= 4 is 11.9 Å². The van der Waals surface area contributed by atoms with Crippen LogP contribution >= 0.6 is 0 Å². The molecule has 1 aliphatic rings. The molecule has 1 aromatic carbocycles. The van der Waals surface area contributed by atoms with Crippen LogP contribution in [0.4, 0.5) is 0 Å². The Bertz CT molecular complexity index is 494. The number of hydrogen-bond donors (Lipinski definition) is 2. The highest BCUT2D eigenvalue weighted by molar-refractivity contribution is 6.03. The quantitative estimate of drug-likeness (QED) is 0.769. The molecular weight excluding hydrogens is 246 g/mol. The summed E-state index contributed by atoms with van der Waals surface area (Å²) in [5, 5.41) is 11.8. The molecule has 0 aliphatic carbocycles. The number of aliphatic carboxylic acids is 1. The molecule has 0 unspecified atom stereocenters. The maximum absolute atomic E-state index is 11.9. The molecule has 102 valence electrons. The molecule has 5 nitrogen and oxygen atoms in total. The minimum absolute atomic E-state index is 0.0431. The van der Waals surface area contributed by atoms with Gasteiger partial charge in [0.2, 0.25) is 5.91 Å². The van der Waals surface area contributed by atoms with Crippen LogP contribution in [-0.2, 0) is 20.7 Å². The number of nitrogens with one attached hydrogen (secondary N) is 1. The monoisotopic (exact) mass is 263 g/mol. The molecule has 0 aromatic heterocycles. The third-order valence-electron chi connectivity index (χ3n) is 3.48. The largest absolute Gasteiger partial charge is 0.480 e. The number of carbonyl (C=O) groups excluding carboxylic acids is 1. The van der Waals surface area contributed by atoms with Crippen molar-refractivity contribution in [1.29, 1.82) is 0 Å². The second-order valence-corrected chi connectivity index (χ2v) is 4.81. The first-order chi connectivity index (χ1) is 9.06. The van der Waals surface area contributed by atoms with E-state index in [4.69, 9.17) is 9.84 Å². The van der Waals surface area contributed by atoms with Crippen LogP contribution in [0.25, 0.3) is 0 Å². The second-order valence-electron chi connectivity index (χ2n) is 4.81. The van der Waals surface area contributed by atoms with Gasteiger partial charge in [-0.2, -0.15) is 0 Å². The lowest BCUT2D eigenvalue weighted by Crippen LogP contribution is -2.59. The molecule has 2 rings (SSSR count). The van der Waals surface area contributed by atoms with Crippen molar-refractivity contribution in [3.05, 3.63) is 35.4 Å². The molecule has 1 amide bonds. The fourth-order valence-electron chi connectivity index (χ4n) is 2.03. The van der Waals surface area contributed by atoms with Crippen LogP contribution in [0, 0.1) is 12.3 Å². The minimum atomic E-state index is -1.38. The maximum atomic E-state index is 11.9. The standard InChI is InChI=1S/C14H17NO4/c1-10-4-2-3-5-11(10)6-7-15-12(16)14(13(17)18)8-19-9-14/h2-5H,6-9H2,1H3,(H,15,16)(H,17,18). The van der Waals surface area contributed by atoms with E-state index < -0.39 is 17.3 Å². The fraction of sp³-hybridized carbons (Fsp3) is 0.429. The smallest absolute Gasteiger partial charge is 0.324 e. The van der Waals surface area contributed by atoms with Crippen molar-refractivity contribution in [2.75, 3.05) is 19.8 Å². The van der Waals surface area contributed by atoms with Crippen LogP contribution in [0.1, 0.15) is 11.1 Å². The maximum Gasteiger partial charge on any atom is 0.324 e. The first-order valence-corrected chi connectivity index (χ1v) is 6.20. The number of aryl methyl sites for hydroxylation is 1. The lowest BCUT2D eigenvalue weighted by molar-refractivity contribution is -0.185. The van der Waals surface area contributed by atoms with Crippen LogP contribution < -0.4 is 5.32 Å². The van der Waals surface area contributed by atoms with Gasteiger partial charge in [-0.15, -0.1) is 0 Å². The Morgan fingerprint density at radius 1 is 1.37 bits per heavy atom. The van der Waals surface area contributed by atoms with Crippen molar-refractivity contribution in [3.8, 4) is 0 Å². The summed E-state index contributed by atoms with van der Waals surface area (Å²) in [6.45, 7) is 2.35. The summed E-state index contributed by atoms with van der Waals surface area (Å²) < 4.78 is 4.86. The van der Waals surface area contributed by atoms with Crippen LogP contribution in [0.15, 0.2) is 24.3 Å². The Balaban J connectivity index is 1.88. The molecule has 2 N–H and O–H groups in total. The third kappa shape index (κ3) is 2.61. The Hall–Kier alpha value is -1.88. The normalized spacial score (nSPS) is 16.5. The van der Waals surface area contributed by atoms with E-state index in [0.29, 0.717) is 13.0 Å². The fourth-order valence-corrected chi connectivity index (χ4v) is 2.03. The molecule has 0 saturated carbocycles. The Morgan fingerprint density at radius 3 is 2.58 bits per heavy atom. The number of carbonyl (C=O) groups is 2. The Morgan fingerprint density at radius 2 is 2.05 bits per heavy atom. The molecule has 1 heterocycles. The Kier molecular flexibility index (Phi) is 3.85. The molecule has 1 aromatic rings. The zero-order chi connectivity index (χ0) is 13.9. The van der Waals surface area contributed by atoms with Crippen molar-refractivity contribution < 1.29 is 19.4 Å². The van der Waals surface area contributed by atoms with Gasteiger partial charge in [0.15, 0.2) is 5.41 Å². The van der Waals surface area contributed by atoms with Crippen molar-refractivity contribution in [2.24, 2.45) is 5.41 Å². The van der Waals surface area contributed by atoms with Gasteiger partial charge in [-0.3, -0.25) is 9.59 Å². The molecule has 19 heavy (non-hydrogen) atoms. The predicted molar refractivity (Wildman–Crippen MR) is 68.8 cm³/mol. The van der Waals surface area contributed by atoms with Gasteiger partial charge in [-0.25, -0.2) is 0 Å². The number of rotatable bonds is 5. The van der Waals surface area contributed by atoms with E-state index in [2.05, 4.69) is 5.32 Å². The molecular formula is C14H17NO4. The van der Waals surface area contributed by atoms with Gasteiger partial charge < -0.3 is 15.2 Å². The molecule has 0 bridgehead atoms. The van der Waals surface area contributed by atoms with Gasteiger partial charge in [-0.1, -0.05) is 24.3 Å². The van der Waals surface area contributed by atoms with Gasteiger partial charge in [0.1, 0.15) is 0 Å². The average Bonchev–Trinajstić information content (AvgIpc) is 2.29. The number of amides is 1. The Labute approximate surface area is 111 Å². The molecule has 1 aliphatic heterocycles. The number of carboxylic acids is 1. The van der Waals surface area contributed by atoms with Crippen LogP contribution in [-0.4, -0.2) is 36.7 Å². The van der Waals surface area contributed by atoms with E-state index in [-0.39, 0.29) is 13.2 Å². The SMILES string of the molecule is Cc1ccccc1CCNC(=O)C1(C(=O)O)COC1. The van der Waals surface area contributed by atoms with Crippen LogP contribution in [0.5, 0.6) is 0 Å². The highest BCUT2D eigenvalue weighted by Gasteiger charge is 2.53. The van der Waals surface area contributed by atoms with E-state index >= 15 is 0 Å². The molecule has 0 atom stereocenters. The number of hydrogen-bond acceptors (Lipinski definition) is 3. The van der Waals surface area contributed by atoms with Crippen molar-refractivity contribution in [1.82, 2.24) is 5.32 Å². The highest BCUT2D eigenvalue weighted by atomic mass is 16.5. The van der Waals surface area contributed by atoms with Crippen LogP contribution in [0.2, 0.25) is 0 Å². The van der Waals surface area contributed by atoms with Gasteiger partial charge in [0, 0.05) is 6.54 Å². The van der Waals surface area contributed by atoms with Gasteiger partial charge >= 0.3 is 5.97 Å². The summed E-state index contributed by atoms with van der Waals surface area (Å²) in [5.41, 5.74) is 0.930. The van der Waals surface area contributed by atoms with Crippen molar-refractivity contribution in [2.45, 2.75) is 13.3 Å². The number of ether oxygens (including phenoxy) is 1. The number of benzene rings is 1.